The van der Waals surface area contributed by atoms with E-state index in [1.54, 1.807) is 6.07 Å². The molecule has 8 nitrogen and oxygen atoms in total. The van der Waals surface area contributed by atoms with Gasteiger partial charge >= 0.3 is 0 Å². The van der Waals surface area contributed by atoms with Crippen LogP contribution in [0.4, 0.5) is 5.69 Å². The van der Waals surface area contributed by atoms with Crippen LogP contribution < -0.4 is 15.0 Å². The lowest BCUT2D eigenvalue weighted by molar-refractivity contribution is 0.313. The maximum Gasteiger partial charge on any atom is 0.211 e. The number of aryl methyl sites for hydroxylation is 1. The second-order valence-corrected chi connectivity index (χ2v) is 11.2. The third-order valence-corrected chi connectivity index (χ3v) is 8.42. The molecule has 1 fully saturated rings. The van der Waals surface area contributed by atoms with Gasteiger partial charge in [0.15, 0.2) is 5.75 Å². The molecule has 0 bridgehead atoms. The number of pyridine rings is 2. The number of aromatic hydroxyl groups is 1. The Hall–Kier alpha value is -4.71. The number of piperazine rings is 1. The first-order valence-electron chi connectivity index (χ1n) is 14.4. The number of nitrogens with zero attached hydrogens (tertiary/aromatic N) is 5. The van der Waals surface area contributed by atoms with Crippen LogP contribution in [0.1, 0.15) is 22.3 Å². The zero-order valence-corrected chi connectivity index (χ0v) is 23.8. The molecule has 42 heavy (non-hydrogen) atoms. The summed E-state index contributed by atoms with van der Waals surface area (Å²) in [6.45, 7) is 7.13. The van der Waals surface area contributed by atoms with Gasteiger partial charge in [0.25, 0.3) is 0 Å². The molecule has 7 rings (SSSR count). The van der Waals surface area contributed by atoms with Crippen LogP contribution in [-0.2, 0) is 13.0 Å². The summed E-state index contributed by atoms with van der Waals surface area (Å²) in [6.07, 6.45) is 0.906. The summed E-state index contributed by atoms with van der Waals surface area (Å²) in [5.41, 5.74) is 8.10. The van der Waals surface area contributed by atoms with Gasteiger partial charge in [-0.05, 0) is 55.3 Å². The smallest absolute Gasteiger partial charge is 0.211 e. The summed E-state index contributed by atoms with van der Waals surface area (Å²) in [5, 5.41) is 25.8. The minimum atomic E-state index is -0.0316. The number of anilines is 1. The molecule has 2 aliphatic heterocycles. The minimum absolute atomic E-state index is 0.0316. The van der Waals surface area contributed by atoms with Gasteiger partial charge in [-0.15, -0.1) is 0 Å². The number of hydrogen-bond acceptors (Lipinski definition) is 8. The molecule has 0 atom stereocenters. The molecule has 5 aromatic rings. The predicted octanol–water partition coefficient (Wildman–Crippen LogP) is 5.53. The van der Waals surface area contributed by atoms with Crippen LogP contribution in [0.25, 0.3) is 33.1 Å². The van der Waals surface area contributed by atoms with E-state index in [0.717, 1.165) is 73.3 Å². The van der Waals surface area contributed by atoms with Gasteiger partial charge in [0, 0.05) is 61.7 Å². The molecule has 8 heteroatoms. The summed E-state index contributed by atoms with van der Waals surface area (Å²) in [7, 11) is 2.14. The second kappa shape index (κ2) is 10.6. The Morgan fingerprint density at radius 2 is 1.79 bits per heavy atom. The van der Waals surface area contributed by atoms with Crippen molar-refractivity contribution in [2.24, 2.45) is 0 Å². The molecule has 2 aromatic heterocycles. The lowest BCUT2D eigenvalue weighted by Gasteiger charge is -2.32. The van der Waals surface area contributed by atoms with Gasteiger partial charge in [-0.25, -0.2) is 9.97 Å². The monoisotopic (exact) mass is 556 g/mol. The summed E-state index contributed by atoms with van der Waals surface area (Å²) in [6, 6.07) is 22.1. The van der Waals surface area contributed by atoms with Crippen LogP contribution in [0.5, 0.6) is 17.4 Å². The average Bonchev–Trinajstić information content (AvgIpc) is 3.01. The maximum atomic E-state index is 10.7. The highest BCUT2D eigenvalue weighted by Gasteiger charge is 2.27. The van der Waals surface area contributed by atoms with Crippen molar-refractivity contribution in [1.82, 2.24) is 20.2 Å². The molecule has 0 spiro atoms. The number of aromatic nitrogens is 2. The van der Waals surface area contributed by atoms with Crippen LogP contribution in [0, 0.1) is 18.3 Å². The molecule has 0 unspecified atom stereocenters. The highest BCUT2D eigenvalue weighted by atomic mass is 16.5. The fourth-order valence-corrected chi connectivity index (χ4v) is 6.34. The Morgan fingerprint density at radius 1 is 0.952 bits per heavy atom. The number of rotatable bonds is 4. The summed E-state index contributed by atoms with van der Waals surface area (Å²) in [4.78, 5) is 14.2. The van der Waals surface area contributed by atoms with E-state index < -0.39 is 0 Å². The molecule has 0 saturated carbocycles. The highest BCUT2D eigenvalue weighted by molar-refractivity contribution is 6.02. The van der Waals surface area contributed by atoms with E-state index >= 15 is 0 Å². The van der Waals surface area contributed by atoms with Crippen LogP contribution in [0.15, 0.2) is 60.7 Å². The van der Waals surface area contributed by atoms with Crippen LogP contribution in [-0.4, -0.2) is 59.7 Å². The first-order chi connectivity index (χ1) is 20.5. The van der Waals surface area contributed by atoms with Crippen molar-refractivity contribution in [3.8, 4) is 34.7 Å². The molecule has 0 amide bonds. The van der Waals surface area contributed by atoms with Crippen molar-refractivity contribution in [1.29, 1.82) is 5.26 Å². The normalized spacial score (nSPS) is 15.5. The van der Waals surface area contributed by atoms with E-state index in [1.807, 2.05) is 43.3 Å². The fraction of sp³-hybridized carbons (Fsp3) is 0.265. The van der Waals surface area contributed by atoms with Crippen molar-refractivity contribution in [3.63, 3.8) is 0 Å². The topological polar surface area (TPSA) is 97.5 Å². The first kappa shape index (κ1) is 26.2. The van der Waals surface area contributed by atoms with Crippen LogP contribution in [0.2, 0.25) is 0 Å². The van der Waals surface area contributed by atoms with Gasteiger partial charge in [-0.2, -0.15) is 5.26 Å². The Kier molecular flexibility index (Phi) is 6.62. The lowest BCUT2D eigenvalue weighted by atomic mass is 9.90. The van der Waals surface area contributed by atoms with Crippen LogP contribution in [0.3, 0.4) is 0 Å². The van der Waals surface area contributed by atoms with Gasteiger partial charge in [-0.1, -0.05) is 36.4 Å². The summed E-state index contributed by atoms with van der Waals surface area (Å²) >= 11 is 0. The van der Waals surface area contributed by atoms with Gasteiger partial charge in [0.2, 0.25) is 5.88 Å². The molecule has 2 aliphatic rings. The number of ether oxygens (including phenoxy) is 1. The van der Waals surface area contributed by atoms with E-state index in [0.29, 0.717) is 33.8 Å². The molecular weight excluding hydrogens is 524 g/mol. The first-order valence-corrected chi connectivity index (χ1v) is 14.4. The molecular formula is C34H32N6O2. The van der Waals surface area contributed by atoms with E-state index in [2.05, 4.69) is 51.4 Å². The van der Waals surface area contributed by atoms with Gasteiger partial charge in [0.1, 0.15) is 22.9 Å². The molecule has 0 radical (unpaired) electrons. The highest BCUT2D eigenvalue weighted by Crippen LogP contribution is 2.43. The number of para-hydroxylation sites is 1. The SMILES string of the molecule is Cc1ccc2nc(O)ccc2c1Oc1cccc2c(N3CCNCC3)c(C#N)c(-c3cccc4c3CCN(C)C4)nc12. The number of fused-ring (bicyclic) bond motifs is 3. The quantitative estimate of drug-likeness (QED) is 0.299. The van der Waals surface area contributed by atoms with Gasteiger partial charge < -0.3 is 25.0 Å². The van der Waals surface area contributed by atoms with E-state index in [1.165, 1.54) is 11.1 Å². The lowest BCUT2D eigenvalue weighted by Crippen LogP contribution is -2.44. The number of benzene rings is 3. The Balaban J connectivity index is 1.49. The van der Waals surface area contributed by atoms with E-state index in [-0.39, 0.29) is 5.88 Å². The van der Waals surface area contributed by atoms with Gasteiger partial charge in [0.05, 0.1) is 16.9 Å². The Labute approximate surface area is 244 Å². The number of nitrogens with one attached hydrogen (secondary N) is 1. The molecule has 0 aliphatic carbocycles. The molecule has 210 valence electrons. The zero-order chi connectivity index (χ0) is 28.8. The van der Waals surface area contributed by atoms with Gasteiger partial charge in [-0.3, -0.25) is 0 Å². The Bertz CT molecular complexity index is 1890. The van der Waals surface area contributed by atoms with Crippen LogP contribution >= 0.6 is 0 Å². The largest absolute Gasteiger partial charge is 0.493 e. The summed E-state index contributed by atoms with van der Waals surface area (Å²) in [5.74, 6) is 1.25. The van der Waals surface area contributed by atoms with E-state index in [9.17, 15) is 10.4 Å². The van der Waals surface area contributed by atoms with Crippen molar-refractivity contribution in [3.05, 3.63) is 82.9 Å². The number of hydrogen-bond donors (Lipinski definition) is 2. The predicted molar refractivity (Wildman–Crippen MR) is 165 cm³/mol. The molecule has 1 saturated heterocycles. The van der Waals surface area contributed by atoms with Crippen molar-refractivity contribution < 1.29 is 9.84 Å². The van der Waals surface area contributed by atoms with Crippen molar-refractivity contribution >= 4 is 27.5 Å². The zero-order valence-electron chi connectivity index (χ0n) is 23.8. The fourth-order valence-electron chi connectivity index (χ4n) is 6.34. The molecule has 3 aromatic carbocycles. The third-order valence-electron chi connectivity index (χ3n) is 8.42. The maximum absolute atomic E-state index is 10.7. The third kappa shape index (κ3) is 4.48. The van der Waals surface area contributed by atoms with Crippen molar-refractivity contribution in [2.75, 3.05) is 44.7 Å². The molecule has 4 heterocycles. The summed E-state index contributed by atoms with van der Waals surface area (Å²) < 4.78 is 6.70. The van der Waals surface area contributed by atoms with Crippen molar-refractivity contribution in [2.45, 2.75) is 19.9 Å². The second-order valence-electron chi connectivity index (χ2n) is 11.2. The average molecular weight is 557 g/mol. The van der Waals surface area contributed by atoms with E-state index in [4.69, 9.17) is 9.72 Å². The number of nitriles is 1. The Morgan fingerprint density at radius 3 is 2.62 bits per heavy atom. The molecule has 2 N–H and O–H groups in total. The minimum Gasteiger partial charge on any atom is -0.493 e. The standard InChI is InChI=1S/C34H32N6O2/c1-21-9-11-28-25(10-12-30(41)37-28)34(21)42-29-8-4-7-26-32(29)38-31(27(19-35)33(26)40-17-14-36-15-18-40)24-6-3-5-22-20-39(2)16-13-23(22)24/h3-12,36H,13-18,20H2,1-2H3,(H,37,41). The number of likely N-dealkylation sites (N-methyl/N-ethyl adjacent to an activating group) is 1.